The quantitative estimate of drug-likeness (QED) is 0.498. The predicted molar refractivity (Wildman–Crippen MR) is 119 cm³/mol. The molecular formula is C23H27N5O5. The summed E-state index contributed by atoms with van der Waals surface area (Å²) in [5.41, 5.74) is 1.59. The maximum absolute atomic E-state index is 12.3. The summed E-state index contributed by atoms with van der Waals surface area (Å²) < 4.78 is 13.5. The molecule has 1 aromatic carbocycles. The van der Waals surface area contributed by atoms with E-state index in [9.17, 15) is 14.7 Å². The van der Waals surface area contributed by atoms with Gasteiger partial charge in [0.15, 0.2) is 5.65 Å². The van der Waals surface area contributed by atoms with Crippen LogP contribution in [0.2, 0.25) is 0 Å². The maximum atomic E-state index is 12.3. The molecular weight excluding hydrogens is 426 g/mol. The van der Waals surface area contributed by atoms with E-state index in [0.29, 0.717) is 29.6 Å². The topological polar surface area (TPSA) is 128 Å². The molecule has 0 unspecified atom stereocenters. The highest BCUT2D eigenvalue weighted by molar-refractivity contribution is 5.91. The molecule has 174 valence electrons. The zero-order chi connectivity index (χ0) is 23.4. The first-order valence-electron chi connectivity index (χ1n) is 10.9. The molecule has 3 atom stereocenters. The predicted octanol–water partition coefficient (Wildman–Crippen LogP) is 2.56. The number of aliphatic hydroxyl groups is 1. The van der Waals surface area contributed by atoms with Crippen LogP contribution in [0.4, 0.5) is 5.95 Å². The Morgan fingerprint density at radius 2 is 2.06 bits per heavy atom. The minimum Gasteiger partial charge on any atom is -0.462 e. The molecule has 0 aliphatic carbocycles. The van der Waals surface area contributed by atoms with Gasteiger partial charge in [-0.25, -0.2) is 14.8 Å². The van der Waals surface area contributed by atoms with Gasteiger partial charge in [0, 0.05) is 24.9 Å². The number of hydrogen-bond donors (Lipinski definition) is 2. The number of esters is 1. The second-order valence-electron chi connectivity index (χ2n) is 8.30. The van der Waals surface area contributed by atoms with Gasteiger partial charge in [-0.2, -0.15) is 4.98 Å². The first-order chi connectivity index (χ1) is 16.0. The molecule has 10 heteroatoms. The minimum absolute atomic E-state index is 0.0345. The van der Waals surface area contributed by atoms with Gasteiger partial charge in [0.25, 0.3) is 0 Å². The van der Waals surface area contributed by atoms with Crippen LogP contribution >= 0.6 is 0 Å². The van der Waals surface area contributed by atoms with Gasteiger partial charge in [-0.3, -0.25) is 10.1 Å². The number of fused-ring (bicyclic) bond motifs is 1. The molecule has 10 nitrogen and oxygen atoms in total. The van der Waals surface area contributed by atoms with Crippen LogP contribution in [0.3, 0.4) is 0 Å². The number of nitrogens with zero attached hydrogens (tertiary/aromatic N) is 4. The number of rotatable bonds is 8. The Bertz CT molecular complexity index is 1120. The zero-order valence-electron chi connectivity index (χ0n) is 18.5. The summed E-state index contributed by atoms with van der Waals surface area (Å²) in [7, 11) is 0. The molecule has 4 rings (SSSR count). The van der Waals surface area contributed by atoms with E-state index in [-0.39, 0.29) is 55.2 Å². The van der Waals surface area contributed by atoms with Gasteiger partial charge in [-0.05, 0) is 18.6 Å². The second kappa shape index (κ2) is 10.1. The fourth-order valence-corrected chi connectivity index (χ4v) is 3.77. The number of aliphatic hydroxyl groups excluding tert-OH is 1. The molecule has 0 saturated carbocycles. The first-order valence-corrected chi connectivity index (χ1v) is 10.9. The van der Waals surface area contributed by atoms with Crippen LogP contribution in [0.1, 0.15) is 43.3 Å². The van der Waals surface area contributed by atoms with E-state index in [4.69, 9.17) is 9.47 Å². The van der Waals surface area contributed by atoms with Gasteiger partial charge in [-0.1, -0.05) is 32.0 Å². The summed E-state index contributed by atoms with van der Waals surface area (Å²) in [6.45, 7) is 3.73. The van der Waals surface area contributed by atoms with Crippen LogP contribution in [-0.4, -0.2) is 55.8 Å². The summed E-state index contributed by atoms with van der Waals surface area (Å²) >= 11 is 0. The third-order valence-electron chi connectivity index (χ3n) is 5.62. The Kier molecular flexibility index (Phi) is 6.95. The van der Waals surface area contributed by atoms with Crippen molar-refractivity contribution >= 4 is 29.0 Å². The Labute approximate surface area is 191 Å². The summed E-state index contributed by atoms with van der Waals surface area (Å²) in [6, 6.07) is 8.81. The fraction of sp³-hybridized carbons (Fsp3) is 0.435. The molecule has 3 aromatic rings. The van der Waals surface area contributed by atoms with E-state index in [1.54, 1.807) is 50.6 Å². The lowest BCUT2D eigenvalue weighted by Crippen LogP contribution is -2.23. The third-order valence-corrected chi connectivity index (χ3v) is 5.62. The van der Waals surface area contributed by atoms with Crippen molar-refractivity contribution in [2.24, 2.45) is 11.8 Å². The summed E-state index contributed by atoms with van der Waals surface area (Å²) in [4.78, 5) is 37.1. The van der Waals surface area contributed by atoms with Crippen molar-refractivity contribution in [2.75, 3.05) is 18.5 Å². The number of carbonyl (C=O) groups excluding carboxylic acids is 2. The number of ether oxygens (including phenoxy) is 2. The van der Waals surface area contributed by atoms with Crippen molar-refractivity contribution in [1.82, 2.24) is 19.5 Å². The van der Waals surface area contributed by atoms with Crippen molar-refractivity contribution in [3.05, 3.63) is 48.4 Å². The zero-order valence-corrected chi connectivity index (χ0v) is 18.5. The number of benzene rings is 1. The summed E-state index contributed by atoms with van der Waals surface area (Å²) in [5.74, 6) is -0.641. The van der Waals surface area contributed by atoms with E-state index in [1.165, 1.54) is 0 Å². The molecule has 2 aromatic heterocycles. The molecule has 1 saturated heterocycles. The van der Waals surface area contributed by atoms with Gasteiger partial charge in [-0.15, -0.1) is 0 Å². The Morgan fingerprint density at radius 1 is 1.27 bits per heavy atom. The van der Waals surface area contributed by atoms with E-state index >= 15 is 0 Å². The Hall–Kier alpha value is -3.37. The van der Waals surface area contributed by atoms with Crippen molar-refractivity contribution in [2.45, 2.75) is 39.0 Å². The Morgan fingerprint density at radius 3 is 2.79 bits per heavy atom. The highest BCUT2D eigenvalue weighted by Crippen LogP contribution is 2.36. The van der Waals surface area contributed by atoms with Crippen molar-refractivity contribution in [1.29, 1.82) is 0 Å². The molecule has 0 bridgehead atoms. The lowest BCUT2D eigenvalue weighted by Gasteiger charge is -2.17. The average Bonchev–Trinajstić information content (AvgIpc) is 3.41. The van der Waals surface area contributed by atoms with Crippen molar-refractivity contribution in [3.8, 4) is 0 Å². The molecule has 1 fully saturated rings. The third kappa shape index (κ3) is 5.18. The van der Waals surface area contributed by atoms with Gasteiger partial charge in [0.2, 0.25) is 11.9 Å². The molecule has 3 heterocycles. The Balaban J connectivity index is 1.46. The maximum Gasteiger partial charge on any atom is 0.338 e. The van der Waals surface area contributed by atoms with Crippen molar-refractivity contribution in [3.63, 3.8) is 0 Å². The lowest BCUT2D eigenvalue weighted by molar-refractivity contribution is -0.118. The monoisotopic (exact) mass is 453 g/mol. The van der Waals surface area contributed by atoms with Crippen LogP contribution < -0.4 is 5.32 Å². The molecule has 1 amide bonds. The van der Waals surface area contributed by atoms with Crippen LogP contribution in [0, 0.1) is 11.8 Å². The molecule has 1 aliphatic heterocycles. The van der Waals surface area contributed by atoms with Gasteiger partial charge in [0.1, 0.15) is 11.7 Å². The number of amides is 1. The molecule has 1 aliphatic rings. The highest BCUT2D eigenvalue weighted by atomic mass is 16.5. The summed E-state index contributed by atoms with van der Waals surface area (Å²) in [6.07, 6.45) is 3.58. The molecule has 0 spiro atoms. The van der Waals surface area contributed by atoms with Crippen LogP contribution in [0.25, 0.3) is 11.2 Å². The number of nitrogens with one attached hydrogen (secondary N) is 1. The SMILES string of the molecule is CC(C)C(=O)Nc1ncc2c(ncn2[C@H]2C[C@H](COC(=O)c3ccccc3)[C@@H](CCO)O2)n1. The van der Waals surface area contributed by atoms with Gasteiger partial charge >= 0.3 is 5.97 Å². The van der Waals surface area contributed by atoms with Crippen LogP contribution in [-0.2, 0) is 14.3 Å². The van der Waals surface area contributed by atoms with Gasteiger partial charge in [0.05, 0.1) is 30.8 Å². The molecule has 0 radical (unpaired) electrons. The first kappa shape index (κ1) is 22.8. The normalized spacial score (nSPS) is 20.3. The number of anilines is 1. The number of hydrogen-bond acceptors (Lipinski definition) is 8. The largest absolute Gasteiger partial charge is 0.462 e. The standard InChI is InChI=1S/C23H27N5O5/c1-14(2)21(30)27-23-24-11-17-20(26-23)25-13-28(17)19-10-16(18(33-19)8-9-29)12-32-22(31)15-6-4-3-5-7-15/h3-7,11,13-14,16,18-19,29H,8-10,12H2,1-2H3,(H,24,26,27,30)/t16-,18-,19-/m1/s1. The number of imidazole rings is 1. The number of aromatic nitrogens is 4. The molecule has 2 N–H and O–H groups in total. The highest BCUT2D eigenvalue weighted by Gasteiger charge is 2.37. The smallest absolute Gasteiger partial charge is 0.338 e. The molecule has 33 heavy (non-hydrogen) atoms. The summed E-state index contributed by atoms with van der Waals surface area (Å²) in [5, 5.41) is 12.1. The lowest BCUT2D eigenvalue weighted by atomic mass is 9.99. The van der Waals surface area contributed by atoms with E-state index in [2.05, 4.69) is 20.3 Å². The van der Waals surface area contributed by atoms with E-state index in [0.717, 1.165) is 0 Å². The number of carbonyl (C=O) groups is 2. The second-order valence-corrected chi connectivity index (χ2v) is 8.30. The van der Waals surface area contributed by atoms with Crippen molar-refractivity contribution < 1.29 is 24.2 Å². The average molecular weight is 453 g/mol. The van der Waals surface area contributed by atoms with Gasteiger partial charge < -0.3 is 19.1 Å². The fourth-order valence-electron chi connectivity index (χ4n) is 3.77. The minimum atomic E-state index is -0.390. The van der Waals surface area contributed by atoms with Crippen LogP contribution in [0.5, 0.6) is 0 Å². The van der Waals surface area contributed by atoms with E-state index < -0.39 is 0 Å². The van der Waals surface area contributed by atoms with E-state index in [1.807, 2.05) is 10.6 Å². The van der Waals surface area contributed by atoms with Crippen LogP contribution in [0.15, 0.2) is 42.9 Å².